The van der Waals surface area contributed by atoms with Gasteiger partial charge in [0.1, 0.15) is 11.5 Å². The molecule has 162 valence electrons. The fraction of sp³-hybridized carbons (Fsp3) is 0.0385. The standard InChI is InChI=1S/C26H19N3O4/c1-32-19-12-13-20(21(16-19)29(30)31)22-14-15-23(33-22)26-27-24(17-8-4-2-5-9-17)25(28-26)18-10-6-3-7-11-18/h2-16H,1H3,(H,27,28). The van der Waals surface area contributed by atoms with E-state index in [9.17, 15) is 10.1 Å². The molecular weight excluding hydrogens is 418 g/mol. The van der Waals surface area contributed by atoms with Crippen molar-refractivity contribution in [2.24, 2.45) is 0 Å². The van der Waals surface area contributed by atoms with Crippen molar-refractivity contribution in [2.75, 3.05) is 7.11 Å². The fourth-order valence-electron chi connectivity index (χ4n) is 3.72. The van der Waals surface area contributed by atoms with Crippen molar-refractivity contribution in [3.63, 3.8) is 0 Å². The van der Waals surface area contributed by atoms with Crippen molar-refractivity contribution in [1.82, 2.24) is 9.97 Å². The molecule has 0 bridgehead atoms. The summed E-state index contributed by atoms with van der Waals surface area (Å²) < 4.78 is 11.1. The third-order valence-corrected chi connectivity index (χ3v) is 5.32. The van der Waals surface area contributed by atoms with Crippen LogP contribution in [0.25, 0.3) is 45.4 Å². The van der Waals surface area contributed by atoms with Crippen molar-refractivity contribution < 1.29 is 14.1 Å². The maximum atomic E-state index is 11.6. The van der Waals surface area contributed by atoms with E-state index >= 15 is 0 Å². The molecule has 1 N–H and O–H groups in total. The first-order valence-electron chi connectivity index (χ1n) is 10.3. The lowest BCUT2D eigenvalue weighted by Gasteiger charge is -2.03. The lowest BCUT2D eigenvalue weighted by Crippen LogP contribution is -1.93. The zero-order chi connectivity index (χ0) is 22.8. The van der Waals surface area contributed by atoms with Crippen LogP contribution in [0.15, 0.2) is 95.4 Å². The summed E-state index contributed by atoms with van der Waals surface area (Å²) in [5, 5.41) is 11.6. The number of hydrogen-bond donors (Lipinski definition) is 1. The van der Waals surface area contributed by atoms with Crippen LogP contribution in [0, 0.1) is 10.1 Å². The molecule has 7 nitrogen and oxygen atoms in total. The zero-order valence-corrected chi connectivity index (χ0v) is 17.7. The van der Waals surface area contributed by atoms with Gasteiger partial charge in [0, 0.05) is 11.1 Å². The summed E-state index contributed by atoms with van der Waals surface area (Å²) in [6.07, 6.45) is 0. The summed E-state index contributed by atoms with van der Waals surface area (Å²) in [7, 11) is 1.47. The molecule has 0 aliphatic carbocycles. The molecule has 0 radical (unpaired) electrons. The molecule has 0 unspecified atom stereocenters. The summed E-state index contributed by atoms with van der Waals surface area (Å²) >= 11 is 0. The minimum Gasteiger partial charge on any atom is -0.497 e. The van der Waals surface area contributed by atoms with Crippen molar-refractivity contribution >= 4 is 5.69 Å². The molecule has 5 rings (SSSR count). The molecule has 0 amide bonds. The second-order valence-electron chi connectivity index (χ2n) is 7.35. The molecule has 0 spiro atoms. The van der Waals surface area contributed by atoms with E-state index in [2.05, 4.69) is 4.98 Å². The molecule has 0 atom stereocenters. The van der Waals surface area contributed by atoms with Crippen LogP contribution in [0.4, 0.5) is 5.69 Å². The quantitative estimate of drug-likeness (QED) is 0.239. The summed E-state index contributed by atoms with van der Waals surface area (Å²) in [5.41, 5.74) is 3.90. The van der Waals surface area contributed by atoms with Gasteiger partial charge in [-0.2, -0.15) is 0 Å². The number of ether oxygens (including phenoxy) is 1. The van der Waals surface area contributed by atoms with Gasteiger partial charge in [0.25, 0.3) is 5.69 Å². The van der Waals surface area contributed by atoms with Crippen LogP contribution >= 0.6 is 0 Å². The molecular formula is C26H19N3O4. The van der Waals surface area contributed by atoms with Crippen molar-refractivity contribution in [3.8, 4) is 51.2 Å². The molecule has 33 heavy (non-hydrogen) atoms. The predicted octanol–water partition coefficient (Wildman–Crippen LogP) is 6.59. The number of nitro groups is 1. The number of rotatable bonds is 6. The van der Waals surface area contributed by atoms with Gasteiger partial charge in [-0.15, -0.1) is 0 Å². The van der Waals surface area contributed by atoms with Gasteiger partial charge in [-0.1, -0.05) is 60.7 Å². The summed E-state index contributed by atoms with van der Waals surface area (Å²) in [6, 6.07) is 27.9. The van der Waals surface area contributed by atoms with E-state index in [-0.39, 0.29) is 5.69 Å². The van der Waals surface area contributed by atoms with Gasteiger partial charge in [0.2, 0.25) is 0 Å². The average Bonchev–Trinajstić information content (AvgIpc) is 3.52. The molecule has 0 aliphatic heterocycles. The van der Waals surface area contributed by atoms with E-state index in [0.717, 1.165) is 22.5 Å². The molecule has 0 aliphatic rings. The van der Waals surface area contributed by atoms with E-state index in [0.29, 0.717) is 28.7 Å². The van der Waals surface area contributed by atoms with E-state index in [1.807, 2.05) is 60.7 Å². The normalized spacial score (nSPS) is 10.8. The molecule has 3 aromatic carbocycles. The fourth-order valence-corrected chi connectivity index (χ4v) is 3.72. The Morgan fingerprint density at radius 1 is 0.879 bits per heavy atom. The number of benzene rings is 3. The number of aromatic amines is 1. The van der Waals surface area contributed by atoms with Gasteiger partial charge in [-0.3, -0.25) is 10.1 Å². The zero-order valence-electron chi connectivity index (χ0n) is 17.7. The number of imidazole rings is 1. The van der Waals surface area contributed by atoms with E-state index in [4.69, 9.17) is 14.1 Å². The Morgan fingerprint density at radius 3 is 2.21 bits per heavy atom. The number of aromatic nitrogens is 2. The maximum absolute atomic E-state index is 11.6. The van der Waals surface area contributed by atoms with Crippen molar-refractivity contribution in [2.45, 2.75) is 0 Å². The van der Waals surface area contributed by atoms with Crippen LogP contribution in [-0.4, -0.2) is 22.0 Å². The van der Waals surface area contributed by atoms with Crippen LogP contribution in [0.2, 0.25) is 0 Å². The van der Waals surface area contributed by atoms with Crippen LogP contribution in [-0.2, 0) is 0 Å². The Balaban J connectivity index is 1.60. The summed E-state index contributed by atoms with van der Waals surface area (Å²) in [5.74, 6) is 1.80. The molecule has 0 fully saturated rings. The number of nitrogens with zero attached hydrogens (tertiary/aromatic N) is 2. The number of methoxy groups -OCH3 is 1. The average molecular weight is 437 g/mol. The van der Waals surface area contributed by atoms with Gasteiger partial charge in [0.15, 0.2) is 11.6 Å². The van der Waals surface area contributed by atoms with E-state index in [1.165, 1.54) is 13.2 Å². The van der Waals surface area contributed by atoms with Gasteiger partial charge in [-0.25, -0.2) is 4.98 Å². The highest BCUT2D eigenvalue weighted by Gasteiger charge is 2.22. The third kappa shape index (κ3) is 3.87. The van der Waals surface area contributed by atoms with Gasteiger partial charge < -0.3 is 14.1 Å². The van der Waals surface area contributed by atoms with E-state index < -0.39 is 4.92 Å². The molecule has 0 saturated heterocycles. The van der Waals surface area contributed by atoms with Gasteiger partial charge in [0.05, 0.1) is 35.1 Å². The van der Waals surface area contributed by atoms with E-state index in [1.54, 1.807) is 24.3 Å². The first-order chi connectivity index (χ1) is 16.1. The third-order valence-electron chi connectivity index (χ3n) is 5.32. The molecule has 7 heteroatoms. The number of nitro benzene ring substituents is 1. The highest BCUT2D eigenvalue weighted by molar-refractivity contribution is 5.81. The maximum Gasteiger partial charge on any atom is 0.284 e. The minimum absolute atomic E-state index is 0.0929. The number of hydrogen-bond acceptors (Lipinski definition) is 5. The Hall–Kier alpha value is -4.65. The Bertz CT molecular complexity index is 1370. The van der Waals surface area contributed by atoms with Gasteiger partial charge >= 0.3 is 0 Å². The van der Waals surface area contributed by atoms with Crippen LogP contribution < -0.4 is 4.74 Å². The second-order valence-corrected chi connectivity index (χ2v) is 7.35. The first-order valence-corrected chi connectivity index (χ1v) is 10.3. The second kappa shape index (κ2) is 8.47. The van der Waals surface area contributed by atoms with Crippen LogP contribution in [0.1, 0.15) is 0 Å². The largest absolute Gasteiger partial charge is 0.497 e. The predicted molar refractivity (Wildman–Crippen MR) is 126 cm³/mol. The molecule has 2 aromatic heterocycles. The number of nitrogens with one attached hydrogen (secondary N) is 1. The van der Waals surface area contributed by atoms with Crippen LogP contribution in [0.3, 0.4) is 0 Å². The topological polar surface area (TPSA) is 94.2 Å². The highest BCUT2D eigenvalue weighted by Crippen LogP contribution is 2.37. The highest BCUT2D eigenvalue weighted by atomic mass is 16.6. The summed E-state index contributed by atoms with van der Waals surface area (Å²) in [4.78, 5) is 19.3. The SMILES string of the molecule is COc1ccc(-c2ccc(-c3nc(-c4ccccc4)c(-c4ccccc4)[nH]3)o2)c([N+](=O)[O-])c1. The molecule has 2 heterocycles. The molecule has 5 aromatic rings. The first kappa shape index (κ1) is 20.3. The number of furan rings is 1. The lowest BCUT2D eigenvalue weighted by atomic mass is 10.1. The smallest absolute Gasteiger partial charge is 0.284 e. The minimum atomic E-state index is -0.450. The monoisotopic (exact) mass is 437 g/mol. The summed E-state index contributed by atoms with van der Waals surface area (Å²) in [6.45, 7) is 0. The Labute approximate surface area is 189 Å². The number of H-pyrrole nitrogens is 1. The molecule has 0 saturated carbocycles. The van der Waals surface area contributed by atoms with Crippen molar-refractivity contribution in [3.05, 3.63) is 101 Å². The van der Waals surface area contributed by atoms with Gasteiger partial charge in [-0.05, 0) is 24.3 Å². The van der Waals surface area contributed by atoms with Crippen LogP contribution in [0.5, 0.6) is 5.75 Å². The lowest BCUT2D eigenvalue weighted by molar-refractivity contribution is -0.384. The Kier molecular flexibility index (Phi) is 5.20. The Morgan fingerprint density at radius 2 is 1.55 bits per heavy atom. The van der Waals surface area contributed by atoms with Crippen molar-refractivity contribution in [1.29, 1.82) is 0 Å².